The van der Waals surface area contributed by atoms with Gasteiger partial charge in [-0.05, 0) is 12.0 Å². The molecule has 10 nitrogen and oxygen atoms in total. The molecule has 0 saturated carbocycles. The molecular weight excluding hydrogens is 434 g/mol. The average Bonchev–Trinajstić information content (AvgIpc) is 3.58. The number of fused-ring (bicyclic) bond motifs is 1. The van der Waals surface area contributed by atoms with Crippen molar-refractivity contribution < 1.29 is 23.1 Å². The highest BCUT2D eigenvalue weighted by Crippen LogP contribution is 2.28. The van der Waals surface area contributed by atoms with Crippen LogP contribution in [0.25, 0.3) is 0 Å². The fourth-order valence-corrected chi connectivity index (χ4v) is 5.24. The summed E-state index contributed by atoms with van der Waals surface area (Å²) in [5.41, 5.74) is 1.94. The molecule has 168 valence electrons. The Balaban J connectivity index is 1.32. The number of carbonyl (C=O) groups is 1. The molecule has 0 bridgehead atoms. The molecule has 1 unspecified atom stereocenters. The lowest BCUT2D eigenvalue weighted by molar-refractivity contribution is -0.134. The molecule has 0 spiro atoms. The molecule has 2 aliphatic rings. The topological polar surface area (TPSA) is 120 Å². The van der Waals surface area contributed by atoms with Gasteiger partial charge in [0.1, 0.15) is 4.90 Å². The van der Waals surface area contributed by atoms with E-state index in [0.29, 0.717) is 24.5 Å². The van der Waals surface area contributed by atoms with Gasteiger partial charge in [-0.1, -0.05) is 30.3 Å². The van der Waals surface area contributed by atoms with Gasteiger partial charge in [0.05, 0.1) is 43.6 Å². The Kier molecular flexibility index (Phi) is 5.31. The van der Waals surface area contributed by atoms with Crippen molar-refractivity contribution in [3.8, 4) is 0 Å². The number of aliphatic hydroxyl groups excluding tert-OH is 1. The van der Waals surface area contributed by atoms with E-state index >= 15 is 0 Å². The van der Waals surface area contributed by atoms with Crippen molar-refractivity contribution in [2.24, 2.45) is 0 Å². The molecule has 2 aromatic heterocycles. The third-order valence-electron chi connectivity index (χ3n) is 5.95. The van der Waals surface area contributed by atoms with E-state index in [0.717, 1.165) is 16.1 Å². The molecule has 1 amide bonds. The summed E-state index contributed by atoms with van der Waals surface area (Å²) in [6, 6.07) is 9.13. The van der Waals surface area contributed by atoms with Crippen LogP contribution in [0.1, 0.15) is 35.2 Å². The first-order valence-corrected chi connectivity index (χ1v) is 11.8. The van der Waals surface area contributed by atoms with Crippen molar-refractivity contribution in [3.63, 3.8) is 0 Å². The third kappa shape index (κ3) is 3.61. The minimum atomic E-state index is -3.89. The lowest BCUT2D eigenvalue weighted by Crippen LogP contribution is -2.33. The number of ether oxygens (including phenoxy) is 1. The third-order valence-corrected chi connectivity index (χ3v) is 7.44. The highest BCUT2D eigenvalue weighted by atomic mass is 32.2. The minimum absolute atomic E-state index is 0.0326. The average molecular weight is 458 g/mol. The van der Waals surface area contributed by atoms with Crippen LogP contribution in [-0.2, 0) is 32.6 Å². The molecule has 3 aromatic rings. The molecule has 4 heterocycles. The van der Waals surface area contributed by atoms with E-state index in [-0.39, 0.29) is 36.5 Å². The number of benzene rings is 1. The van der Waals surface area contributed by atoms with Crippen LogP contribution in [0, 0.1) is 0 Å². The molecule has 1 aromatic carbocycles. The zero-order valence-corrected chi connectivity index (χ0v) is 18.1. The second kappa shape index (κ2) is 8.15. The van der Waals surface area contributed by atoms with E-state index in [1.807, 2.05) is 18.2 Å². The van der Waals surface area contributed by atoms with Gasteiger partial charge in [0.25, 0.3) is 10.0 Å². The number of aromatic nitrogens is 4. The highest BCUT2D eigenvalue weighted by Gasteiger charge is 2.33. The van der Waals surface area contributed by atoms with Crippen LogP contribution in [0.3, 0.4) is 0 Å². The monoisotopic (exact) mass is 457 g/mol. The predicted octanol–water partition coefficient (Wildman–Crippen LogP) is 0.896. The van der Waals surface area contributed by atoms with Crippen LogP contribution in [-0.4, -0.2) is 63.1 Å². The Morgan fingerprint density at radius 1 is 1.22 bits per heavy atom. The van der Waals surface area contributed by atoms with Crippen LogP contribution < -0.4 is 0 Å². The van der Waals surface area contributed by atoms with E-state index in [4.69, 9.17) is 4.74 Å². The largest absolute Gasteiger partial charge is 0.395 e. The van der Waals surface area contributed by atoms with Gasteiger partial charge in [-0.25, -0.2) is 0 Å². The maximum absolute atomic E-state index is 13.0. The molecule has 11 heteroatoms. The molecule has 1 N–H and O–H groups in total. The van der Waals surface area contributed by atoms with Crippen LogP contribution in [0.4, 0.5) is 0 Å². The fourth-order valence-electron chi connectivity index (χ4n) is 4.13. The maximum Gasteiger partial charge on any atom is 0.286 e. The van der Waals surface area contributed by atoms with Gasteiger partial charge in [0, 0.05) is 31.1 Å². The van der Waals surface area contributed by atoms with Crippen LogP contribution in [0.15, 0.2) is 53.8 Å². The fraction of sp³-hybridized carbons (Fsp3) is 0.381. The van der Waals surface area contributed by atoms with Crippen molar-refractivity contribution in [1.29, 1.82) is 0 Å². The molecule has 1 fully saturated rings. The second-order valence-corrected chi connectivity index (χ2v) is 9.79. The predicted molar refractivity (Wildman–Crippen MR) is 112 cm³/mol. The molecule has 2 atom stereocenters. The van der Waals surface area contributed by atoms with Crippen molar-refractivity contribution in [2.75, 3.05) is 19.8 Å². The van der Waals surface area contributed by atoms with Crippen molar-refractivity contribution >= 4 is 15.9 Å². The summed E-state index contributed by atoms with van der Waals surface area (Å²) in [4.78, 5) is 14.6. The van der Waals surface area contributed by atoms with Gasteiger partial charge in [-0.2, -0.15) is 22.7 Å². The molecule has 0 radical (unpaired) electrons. The van der Waals surface area contributed by atoms with Crippen molar-refractivity contribution in [3.05, 3.63) is 65.7 Å². The summed E-state index contributed by atoms with van der Waals surface area (Å²) >= 11 is 0. The Hall–Kier alpha value is -3.02. The lowest BCUT2D eigenvalue weighted by atomic mass is 9.98. The maximum atomic E-state index is 13.0. The van der Waals surface area contributed by atoms with Gasteiger partial charge >= 0.3 is 0 Å². The van der Waals surface area contributed by atoms with Gasteiger partial charge in [-0.15, -0.1) is 0 Å². The summed E-state index contributed by atoms with van der Waals surface area (Å²) < 4.78 is 34.0. The Bertz CT molecular complexity index is 1210. The first kappa shape index (κ1) is 20.9. The first-order chi connectivity index (χ1) is 15.5. The standard InChI is InChI=1S/C21H23N5O5S/c27-13-19(15-4-2-1-3-5-15)21(28)24-9-16-10-26(23-20(16)12-24)32(29,30)18-8-22-25(11-18)17-6-7-31-14-17/h1-5,8,10-11,17,19,27H,6-7,9,12-14H2/t17?,19-/m1/s1. The second-order valence-electron chi connectivity index (χ2n) is 7.99. The van der Waals surface area contributed by atoms with Crippen LogP contribution >= 0.6 is 0 Å². The molecule has 5 rings (SSSR count). The summed E-state index contributed by atoms with van der Waals surface area (Å²) in [5.74, 6) is -0.882. The summed E-state index contributed by atoms with van der Waals surface area (Å²) in [7, 11) is -3.89. The van der Waals surface area contributed by atoms with Crippen LogP contribution in [0.5, 0.6) is 0 Å². The van der Waals surface area contributed by atoms with E-state index in [9.17, 15) is 18.3 Å². The first-order valence-electron chi connectivity index (χ1n) is 10.4. The minimum Gasteiger partial charge on any atom is -0.395 e. The molecule has 0 aliphatic carbocycles. The molecular formula is C21H23N5O5S. The van der Waals surface area contributed by atoms with E-state index in [1.54, 1.807) is 21.7 Å². The van der Waals surface area contributed by atoms with Crippen molar-refractivity contribution in [1.82, 2.24) is 23.9 Å². The summed E-state index contributed by atoms with van der Waals surface area (Å²) in [6.07, 6.45) is 5.06. The van der Waals surface area contributed by atoms with Gasteiger partial charge in [-0.3, -0.25) is 9.48 Å². The number of carbonyl (C=O) groups excluding carboxylic acids is 1. The van der Waals surface area contributed by atoms with Gasteiger partial charge in [0.15, 0.2) is 0 Å². The smallest absolute Gasteiger partial charge is 0.286 e. The quantitative estimate of drug-likeness (QED) is 0.584. The number of nitrogens with zero attached hydrogens (tertiary/aromatic N) is 5. The molecule has 1 saturated heterocycles. The number of amides is 1. The van der Waals surface area contributed by atoms with E-state index in [1.165, 1.54) is 18.6 Å². The Labute approximate surface area is 185 Å². The molecule has 32 heavy (non-hydrogen) atoms. The Morgan fingerprint density at radius 2 is 2.03 bits per heavy atom. The summed E-state index contributed by atoms with van der Waals surface area (Å²) in [5, 5.41) is 18.2. The van der Waals surface area contributed by atoms with Crippen LogP contribution in [0.2, 0.25) is 0 Å². The highest BCUT2D eigenvalue weighted by molar-refractivity contribution is 7.89. The Morgan fingerprint density at radius 3 is 2.72 bits per heavy atom. The number of aliphatic hydroxyl groups is 1. The van der Waals surface area contributed by atoms with Gasteiger partial charge in [0.2, 0.25) is 5.91 Å². The lowest BCUT2D eigenvalue weighted by Gasteiger charge is -2.22. The normalized spacial score (nSPS) is 19.3. The number of hydrogen-bond acceptors (Lipinski definition) is 7. The number of hydrogen-bond donors (Lipinski definition) is 1. The van der Waals surface area contributed by atoms with Crippen molar-refractivity contribution in [2.45, 2.75) is 36.4 Å². The molecule has 2 aliphatic heterocycles. The van der Waals surface area contributed by atoms with E-state index in [2.05, 4.69) is 10.2 Å². The zero-order chi connectivity index (χ0) is 22.3. The van der Waals surface area contributed by atoms with Gasteiger partial charge < -0.3 is 14.7 Å². The number of rotatable bonds is 6. The zero-order valence-electron chi connectivity index (χ0n) is 17.2. The van der Waals surface area contributed by atoms with E-state index < -0.39 is 15.9 Å². The SMILES string of the molecule is O=C([C@H](CO)c1ccccc1)N1Cc2cn(S(=O)(=O)c3cnn(C4CCOC4)c3)nc2C1. The summed E-state index contributed by atoms with van der Waals surface area (Å²) in [6.45, 7) is 1.28.